The summed E-state index contributed by atoms with van der Waals surface area (Å²) in [4.78, 5) is 4.50. The lowest BCUT2D eigenvalue weighted by atomic mass is 9.98. The minimum Gasteiger partial charge on any atom is -0.467 e. The number of hydrogen-bond donors (Lipinski definition) is 2. The molecule has 1 aromatic carbocycles. The van der Waals surface area contributed by atoms with Crippen molar-refractivity contribution < 1.29 is 4.42 Å². The van der Waals surface area contributed by atoms with E-state index in [2.05, 4.69) is 54.9 Å². The Bertz CT molecular complexity index is 859. The number of piperidine rings is 1. The summed E-state index contributed by atoms with van der Waals surface area (Å²) in [5.74, 6) is 2.59. The van der Waals surface area contributed by atoms with Crippen LogP contribution in [-0.4, -0.2) is 30.9 Å². The van der Waals surface area contributed by atoms with Crippen LogP contribution in [0.25, 0.3) is 0 Å². The van der Waals surface area contributed by atoms with E-state index in [0.29, 0.717) is 12.4 Å². The molecule has 1 aliphatic heterocycles. The maximum atomic E-state index is 9.07. The Balaban J connectivity index is 1.98. The molecular formula is C24H34N4O. The van der Waals surface area contributed by atoms with Gasteiger partial charge in [-0.15, -0.1) is 0 Å². The van der Waals surface area contributed by atoms with Crippen molar-refractivity contribution in [2.75, 3.05) is 25.0 Å². The molecule has 0 atom stereocenters. The summed E-state index contributed by atoms with van der Waals surface area (Å²) in [5.41, 5.74) is 6.01. The van der Waals surface area contributed by atoms with Crippen molar-refractivity contribution in [2.24, 2.45) is 0 Å². The summed E-state index contributed by atoms with van der Waals surface area (Å²) >= 11 is 0. The topological polar surface area (TPSA) is 55.5 Å². The van der Waals surface area contributed by atoms with E-state index in [0.717, 1.165) is 49.5 Å². The van der Waals surface area contributed by atoms with Gasteiger partial charge in [0.25, 0.3) is 0 Å². The van der Waals surface area contributed by atoms with Crippen molar-refractivity contribution in [3.8, 4) is 0 Å². The molecule has 2 N–H and O–H groups in total. The van der Waals surface area contributed by atoms with Crippen LogP contribution in [0.3, 0.4) is 0 Å². The van der Waals surface area contributed by atoms with E-state index in [9.17, 15) is 0 Å². The van der Waals surface area contributed by atoms with Crippen molar-refractivity contribution in [1.29, 1.82) is 5.41 Å². The van der Waals surface area contributed by atoms with E-state index in [1.165, 1.54) is 22.4 Å². The maximum absolute atomic E-state index is 9.07. The Kier molecular flexibility index (Phi) is 6.68. The smallest absolute Gasteiger partial charge is 0.132 e. The first-order valence-electron chi connectivity index (χ1n) is 10.6. The molecule has 0 saturated carbocycles. The quantitative estimate of drug-likeness (QED) is 0.684. The standard InChI is InChI=1S/C24H34N4O/c1-6-11-27(16-20-9-8-13-29-20)24(26-5)21-10-7-12-28(23(21)25)22-18(3)14-17(2)15-19(22)4/h8-9,13-15,25-26H,6-7,10-12,16H2,1-5H3/b24-21+,25-23?. The lowest BCUT2D eigenvalue weighted by Crippen LogP contribution is -2.41. The molecule has 5 heteroatoms. The number of amidine groups is 1. The van der Waals surface area contributed by atoms with E-state index in [-0.39, 0.29) is 0 Å². The molecular weight excluding hydrogens is 360 g/mol. The largest absolute Gasteiger partial charge is 0.467 e. The highest BCUT2D eigenvalue weighted by Crippen LogP contribution is 2.32. The van der Waals surface area contributed by atoms with E-state index >= 15 is 0 Å². The van der Waals surface area contributed by atoms with Crippen LogP contribution < -0.4 is 10.2 Å². The van der Waals surface area contributed by atoms with E-state index < -0.39 is 0 Å². The molecule has 5 nitrogen and oxygen atoms in total. The normalized spacial score (nSPS) is 16.2. The number of furan rings is 1. The minimum absolute atomic E-state index is 0.608. The van der Waals surface area contributed by atoms with Gasteiger partial charge in [0, 0.05) is 31.4 Å². The second-order valence-corrected chi connectivity index (χ2v) is 7.93. The van der Waals surface area contributed by atoms with E-state index in [4.69, 9.17) is 9.83 Å². The monoisotopic (exact) mass is 394 g/mol. The predicted octanol–water partition coefficient (Wildman–Crippen LogP) is 5.13. The molecule has 3 rings (SSSR count). The van der Waals surface area contributed by atoms with Gasteiger partial charge in [-0.25, -0.2) is 0 Å². The molecule has 2 heterocycles. The molecule has 2 aromatic rings. The van der Waals surface area contributed by atoms with Crippen LogP contribution in [0.4, 0.5) is 5.69 Å². The first-order valence-corrected chi connectivity index (χ1v) is 10.6. The SMILES string of the molecule is CCCN(Cc1ccco1)/C(NC)=C1\CCCN(c2c(C)cc(C)cc2C)C1=N. The van der Waals surface area contributed by atoms with Crippen LogP contribution in [0.2, 0.25) is 0 Å². The van der Waals surface area contributed by atoms with Gasteiger partial charge in [-0.05, 0) is 63.3 Å². The van der Waals surface area contributed by atoms with E-state index in [1.54, 1.807) is 6.26 Å². The molecule has 156 valence electrons. The van der Waals surface area contributed by atoms with Gasteiger partial charge in [0.1, 0.15) is 17.4 Å². The number of nitrogens with one attached hydrogen (secondary N) is 2. The van der Waals surface area contributed by atoms with Crippen molar-refractivity contribution in [3.05, 3.63) is 64.4 Å². The van der Waals surface area contributed by atoms with Crippen LogP contribution in [-0.2, 0) is 6.54 Å². The minimum atomic E-state index is 0.608. The number of benzene rings is 1. The molecule has 1 saturated heterocycles. The number of nitrogens with zero attached hydrogens (tertiary/aromatic N) is 2. The Morgan fingerprint density at radius 1 is 1.24 bits per heavy atom. The average Bonchev–Trinajstić information content (AvgIpc) is 3.17. The second-order valence-electron chi connectivity index (χ2n) is 7.93. The third-order valence-corrected chi connectivity index (χ3v) is 5.53. The molecule has 29 heavy (non-hydrogen) atoms. The Hall–Kier alpha value is -2.69. The number of hydrogen-bond acceptors (Lipinski definition) is 4. The van der Waals surface area contributed by atoms with Crippen molar-refractivity contribution >= 4 is 11.5 Å². The van der Waals surface area contributed by atoms with Gasteiger partial charge in [0.05, 0.1) is 12.8 Å². The maximum Gasteiger partial charge on any atom is 0.132 e. The molecule has 0 bridgehead atoms. The fourth-order valence-corrected chi connectivity index (χ4v) is 4.49. The zero-order valence-electron chi connectivity index (χ0n) is 18.4. The van der Waals surface area contributed by atoms with Crippen LogP contribution in [0, 0.1) is 26.2 Å². The molecule has 0 unspecified atom stereocenters. The molecule has 0 amide bonds. The summed E-state index contributed by atoms with van der Waals surface area (Å²) in [5, 5.41) is 12.5. The number of anilines is 1. The van der Waals surface area contributed by atoms with Gasteiger partial charge in [0.2, 0.25) is 0 Å². The van der Waals surface area contributed by atoms with Crippen LogP contribution >= 0.6 is 0 Å². The summed E-state index contributed by atoms with van der Waals surface area (Å²) < 4.78 is 5.60. The third-order valence-electron chi connectivity index (χ3n) is 5.53. The van der Waals surface area contributed by atoms with Gasteiger partial charge in [-0.1, -0.05) is 24.6 Å². The van der Waals surface area contributed by atoms with Gasteiger partial charge >= 0.3 is 0 Å². The zero-order chi connectivity index (χ0) is 21.0. The summed E-state index contributed by atoms with van der Waals surface area (Å²) in [7, 11) is 1.96. The highest BCUT2D eigenvalue weighted by atomic mass is 16.3. The average molecular weight is 395 g/mol. The molecule has 0 spiro atoms. The fourth-order valence-electron chi connectivity index (χ4n) is 4.49. The molecule has 1 fully saturated rings. The molecule has 0 aliphatic carbocycles. The van der Waals surface area contributed by atoms with Crippen LogP contribution in [0.5, 0.6) is 0 Å². The van der Waals surface area contributed by atoms with Crippen molar-refractivity contribution in [2.45, 2.75) is 53.5 Å². The summed E-state index contributed by atoms with van der Waals surface area (Å²) in [6.07, 6.45) is 4.70. The van der Waals surface area contributed by atoms with Gasteiger partial charge in [-0.2, -0.15) is 0 Å². The van der Waals surface area contributed by atoms with Gasteiger partial charge in [-0.3, -0.25) is 5.41 Å². The van der Waals surface area contributed by atoms with Crippen molar-refractivity contribution in [3.63, 3.8) is 0 Å². The zero-order valence-corrected chi connectivity index (χ0v) is 18.4. The van der Waals surface area contributed by atoms with E-state index in [1.807, 2.05) is 19.2 Å². The Labute approximate surface area is 174 Å². The van der Waals surface area contributed by atoms with Gasteiger partial charge < -0.3 is 19.5 Å². The van der Waals surface area contributed by atoms with Crippen LogP contribution in [0.15, 0.2) is 46.3 Å². The number of rotatable bonds is 7. The summed E-state index contributed by atoms with van der Waals surface area (Å²) in [6.45, 7) is 11.1. The first kappa shape index (κ1) is 21.0. The summed E-state index contributed by atoms with van der Waals surface area (Å²) in [6, 6.07) is 8.37. The molecule has 1 aromatic heterocycles. The Morgan fingerprint density at radius 2 is 1.97 bits per heavy atom. The predicted molar refractivity (Wildman–Crippen MR) is 120 cm³/mol. The second kappa shape index (κ2) is 9.21. The molecule has 1 aliphatic rings. The lowest BCUT2D eigenvalue weighted by Gasteiger charge is -2.37. The fraction of sp³-hybridized carbons (Fsp3) is 0.458. The highest BCUT2D eigenvalue weighted by Gasteiger charge is 2.28. The van der Waals surface area contributed by atoms with Crippen molar-refractivity contribution in [1.82, 2.24) is 10.2 Å². The Morgan fingerprint density at radius 3 is 2.55 bits per heavy atom. The van der Waals surface area contributed by atoms with Gasteiger partial charge in [0.15, 0.2) is 0 Å². The lowest BCUT2D eigenvalue weighted by molar-refractivity contribution is 0.286. The highest BCUT2D eigenvalue weighted by molar-refractivity contribution is 6.09. The third kappa shape index (κ3) is 4.50. The first-order chi connectivity index (χ1) is 14.0. The number of aryl methyl sites for hydroxylation is 3. The van der Waals surface area contributed by atoms with Crippen LogP contribution in [0.1, 0.15) is 48.6 Å². The molecule has 0 radical (unpaired) electrons.